The Bertz CT molecular complexity index is 3310. The van der Waals surface area contributed by atoms with E-state index < -0.39 is 12.2 Å². The van der Waals surface area contributed by atoms with Crippen LogP contribution >= 0.6 is 0 Å². The maximum Gasteiger partial charge on any atom is 0.424 e. The number of nitrogens with zero attached hydrogens (tertiary/aromatic N) is 2. The van der Waals surface area contributed by atoms with Crippen LogP contribution in [0.5, 0.6) is 11.5 Å². The van der Waals surface area contributed by atoms with Crippen molar-refractivity contribution in [2.45, 2.75) is 27.7 Å². The van der Waals surface area contributed by atoms with Crippen LogP contribution in [0.1, 0.15) is 22.3 Å². The van der Waals surface area contributed by atoms with E-state index >= 15 is 0 Å². The SMILES string of the molecule is Cc1cccc(C)c1B1c2ccccc2N2C(=O)Oc3cccc4c(-c5ccc(-c6cc7c8c9c(cccc69)OC(=O)N8c6ccccc6B7c6c(C)cccc6C)cc5)cc1c2c34. The van der Waals surface area contributed by atoms with Crippen LogP contribution in [0.2, 0.25) is 0 Å². The van der Waals surface area contributed by atoms with Gasteiger partial charge in [-0.15, -0.1) is 0 Å². The van der Waals surface area contributed by atoms with Crippen molar-refractivity contribution in [2.75, 3.05) is 9.80 Å². The molecule has 13 rings (SSSR count). The molecule has 8 heteroatoms. The summed E-state index contributed by atoms with van der Waals surface area (Å²) in [5, 5.41) is 3.90. The van der Waals surface area contributed by atoms with Crippen molar-refractivity contribution < 1.29 is 19.1 Å². The third-order valence-corrected chi connectivity index (χ3v) is 14.2. The van der Waals surface area contributed by atoms with Crippen LogP contribution in [-0.2, 0) is 0 Å². The van der Waals surface area contributed by atoms with Crippen LogP contribution in [0.3, 0.4) is 0 Å². The molecule has 0 aliphatic carbocycles. The Hall–Kier alpha value is -7.83. The zero-order chi connectivity index (χ0) is 43.1. The second kappa shape index (κ2) is 13.3. The average molecular weight is 825 g/mol. The summed E-state index contributed by atoms with van der Waals surface area (Å²) >= 11 is 0. The summed E-state index contributed by atoms with van der Waals surface area (Å²) in [6, 6.07) is 55.0. The first kappa shape index (κ1) is 36.8. The molecule has 9 aromatic carbocycles. The van der Waals surface area contributed by atoms with Gasteiger partial charge in [-0.1, -0.05) is 167 Å². The van der Waals surface area contributed by atoms with Gasteiger partial charge in [-0.05, 0) is 107 Å². The third kappa shape index (κ3) is 4.93. The normalized spacial score (nSPS) is 14.1. The topological polar surface area (TPSA) is 59.1 Å². The Morgan fingerprint density at radius 3 is 1.19 bits per heavy atom. The molecule has 4 aliphatic rings. The number of anilines is 4. The molecular formula is C56H38B2N2O4. The number of hydrogen-bond acceptors (Lipinski definition) is 4. The Labute approximate surface area is 371 Å². The number of hydrogen-bond donors (Lipinski definition) is 0. The zero-order valence-electron chi connectivity index (χ0n) is 35.7. The number of fused-ring (bicyclic) bond motifs is 4. The molecule has 0 fully saturated rings. The largest absolute Gasteiger partial charge is 0.424 e. The molecule has 2 amide bonds. The summed E-state index contributed by atoms with van der Waals surface area (Å²) in [6.45, 7) is 8.52. The number of amides is 2. The molecule has 0 saturated carbocycles. The maximum atomic E-state index is 14.0. The molecule has 0 unspecified atom stereocenters. The lowest BCUT2D eigenvalue weighted by molar-refractivity contribution is 0.209. The van der Waals surface area contributed by atoms with Crippen LogP contribution in [0.25, 0.3) is 43.8 Å². The van der Waals surface area contributed by atoms with Crippen molar-refractivity contribution in [3.63, 3.8) is 0 Å². The fourth-order valence-corrected chi connectivity index (χ4v) is 11.6. The molecular weight excluding hydrogens is 786 g/mol. The minimum Gasteiger partial charge on any atom is -0.409 e. The summed E-state index contributed by atoms with van der Waals surface area (Å²) in [5.74, 6) is 1.14. The molecule has 302 valence electrons. The monoisotopic (exact) mass is 824 g/mol. The minimum atomic E-state index is -0.396. The highest BCUT2D eigenvalue weighted by Gasteiger charge is 2.45. The van der Waals surface area contributed by atoms with E-state index in [2.05, 4.69) is 137 Å². The molecule has 0 atom stereocenters. The molecule has 0 saturated heterocycles. The number of aryl methyl sites for hydroxylation is 4. The fraction of sp³-hybridized carbons (Fsp3) is 0.0714. The second-order valence-electron chi connectivity index (χ2n) is 17.7. The van der Waals surface area contributed by atoms with E-state index in [1.807, 2.05) is 48.5 Å². The summed E-state index contributed by atoms with van der Waals surface area (Å²) in [6.07, 6.45) is -0.792. The van der Waals surface area contributed by atoms with Crippen LogP contribution < -0.4 is 52.1 Å². The van der Waals surface area contributed by atoms with Gasteiger partial charge in [0.25, 0.3) is 0 Å². The number of benzene rings is 9. The van der Waals surface area contributed by atoms with E-state index in [4.69, 9.17) is 9.47 Å². The van der Waals surface area contributed by atoms with Crippen molar-refractivity contribution >= 4 is 103 Å². The molecule has 9 aromatic rings. The highest BCUT2D eigenvalue weighted by molar-refractivity contribution is 6.99. The Morgan fingerprint density at radius 2 is 0.781 bits per heavy atom. The summed E-state index contributed by atoms with van der Waals surface area (Å²) in [7, 11) is 0. The molecule has 0 aromatic heterocycles. The molecule has 0 spiro atoms. The van der Waals surface area contributed by atoms with Gasteiger partial charge in [-0.25, -0.2) is 19.4 Å². The summed E-state index contributed by atoms with van der Waals surface area (Å²) < 4.78 is 12.3. The predicted molar refractivity (Wildman–Crippen MR) is 263 cm³/mol. The lowest BCUT2D eigenvalue weighted by Gasteiger charge is -2.39. The number of rotatable bonds is 4. The third-order valence-electron chi connectivity index (χ3n) is 14.2. The predicted octanol–water partition coefficient (Wildman–Crippen LogP) is 9.52. The van der Waals surface area contributed by atoms with E-state index in [1.54, 1.807) is 9.80 Å². The highest BCUT2D eigenvalue weighted by atomic mass is 16.6. The van der Waals surface area contributed by atoms with E-state index in [0.29, 0.717) is 11.5 Å². The fourth-order valence-electron chi connectivity index (χ4n) is 11.6. The summed E-state index contributed by atoms with van der Waals surface area (Å²) in [4.78, 5) is 31.6. The van der Waals surface area contributed by atoms with Gasteiger partial charge < -0.3 is 9.47 Å². The van der Waals surface area contributed by atoms with Gasteiger partial charge >= 0.3 is 12.2 Å². The maximum absolute atomic E-state index is 14.0. The summed E-state index contributed by atoms with van der Waals surface area (Å²) in [5.41, 5.74) is 19.3. The minimum absolute atomic E-state index is 0.108. The average Bonchev–Trinajstić information content (AvgIpc) is 3.30. The number of ether oxygens (including phenoxy) is 2. The van der Waals surface area contributed by atoms with Crippen molar-refractivity contribution in [1.82, 2.24) is 0 Å². The van der Waals surface area contributed by atoms with Crippen LogP contribution in [0.15, 0.2) is 158 Å². The lowest BCUT2D eigenvalue weighted by atomic mass is 9.33. The lowest BCUT2D eigenvalue weighted by Crippen LogP contribution is -2.60. The Kier molecular flexibility index (Phi) is 7.67. The van der Waals surface area contributed by atoms with Crippen molar-refractivity contribution in [3.8, 4) is 33.8 Å². The van der Waals surface area contributed by atoms with Gasteiger partial charge in [0.1, 0.15) is 11.5 Å². The second-order valence-corrected chi connectivity index (χ2v) is 17.7. The molecule has 0 radical (unpaired) electrons. The van der Waals surface area contributed by atoms with Crippen molar-refractivity contribution in [3.05, 3.63) is 180 Å². The zero-order valence-corrected chi connectivity index (χ0v) is 35.7. The van der Waals surface area contributed by atoms with Gasteiger partial charge in [-0.2, -0.15) is 0 Å². The highest BCUT2D eigenvalue weighted by Crippen LogP contribution is 2.48. The first-order valence-corrected chi connectivity index (χ1v) is 21.9. The smallest absolute Gasteiger partial charge is 0.409 e. The number of carbonyl (C=O) groups is 2. The van der Waals surface area contributed by atoms with Gasteiger partial charge in [0, 0.05) is 22.1 Å². The quantitative estimate of drug-likeness (QED) is 0.166. The molecule has 0 N–H and O–H groups in total. The van der Waals surface area contributed by atoms with Gasteiger partial charge in [0.05, 0.1) is 11.4 Å². The van der Waals surface area contributed by atoms with Crippen LogP contribution in [-0.4, -0.2) is 25.6 Å². The Morgan fingerprint density at radius 1 is 0.406 bits per heavy atom. The molecule has 4 heterocycles. The number of carbonyl (C=O) groups excluding carboxylic acids is 2. The van der Waals surface area contributed by atoms with E-state index in [9.17, 15) is 9.59 Å². The molecule has 64 heavy (non-hydrogen) atoms. The van der Waals surface area contributed by atoms with E-state index in [0.717, 1.165) is 88.4 Å². The van der Waals surface area contributed by atoms with E-state index in [1.165, 1.54) is 33.2 Å². The molecule has 4 aliphatic heterocycles. The standard InChI is InChI=1S/C56H38B2N2O4/c1-31-13-9-14-32(2)51(31)57-41-19-5-7-21-45(41)59-53-43(57)29-39(37-17-11-23-47(49(37)53)63-55(59)61)35-25-27-36(28-26-35)40-30-44-54-50-38(40)18-12-24-48(50)64-56(62)60(54)46-22-8-6-20-42(46)58(44)52-33(3)15-10-16-34(52)4/h5-30H,1-4H3. The van der Waals surface area contributed by atoms with Crippen molar-refractivity contribution in [1.29, 1.82) is 0 Å². The van der Waals surface area contributed by atoms with Gasteiger partial charge in [0.15, 0.2) is 0 Å². The first-order chi connectivity index (χ1) is 31.3. The van der Waals surface area contributed by atoms with E-state index in [-0.39, 0.29) is 13.4 Å². The molecule has 0 bridgehead atoms. The Balaban J connectivity index is 1.03. The molecule has 6 nitrogen and oxygen atoms in total. The van der Waals surface area contributed by atoms with Crippen LogP contribution in [0, 0.1) is 27.7 Å². The van der Waals surface area contributed by atoms with Gasteiger partial charge in [-0.3, -0.25) is 0 Å². The van der Waals surface area contributed by atoms with Crippen molar-refractivity contribution in [2.24, 2.45) is 0 Å². The van der Waals surface area contributed by atoms with Gasteiger partial charge in [0.2, 0.25) is 13.4 Å². The van der Waals surface area contributed by atoms with Crippen LogP contribution in [0.4, 0.5) is 32.3 Å². The first-order valence-electron chi connectivity index (χ1n) is 21.9. The number of para-hydroxylation sites is 2.